The summed E-state index contributed by atoms with van der Waals surface area (Å²) in [5.74, 6) is -3.95. The van der Waals surface area contributed by atoms with Crippen LogP contribution in [-0.4, -0.2) is 63.3 Å². The molecule has 1 aliphatic rings. The van der Waals surface area contributed by atoms with Gasteiger partial charge in [-0.15, -0.1) is 0 Å². The van der Waals surface area contributed by atoms with Gasteiger partial charge in [-0.05, 0) is 44.9 Å². The maximum atomic E-state index is 13.9. The molecule has 0 spiro atoms. The highest BCUT2D eigenvalue weighted by Crippen LogP contribution is 2.38. The molecule has 2 aromatic rings. The van der Waals surface area contributed by atoms with Crippen molar-refractivity contribution in [2.24, 2.45) is 5.92 Å². The first-order valence-electron chi connectivity index (χ1n) is 11.8. The second kappa shape index (κ2) is 11.9. The predicted molar refractivity (Wildman–Crippen MR) is 139 cm³/mol. The zero-order valence-corrected chi connectivity index (χ0v) is 21.9. The molecule has 1 heterocycles. The van der Waals surface area contributed by atoms with Gasteiger partial charge in [0.2, 0.25) is 5.43 Å². The maximum Gasteiger partial charge on any atom is 0.308 e. The fraction of sp³-hybridized carbons (Fsp3) is 0.400. The van der Waals surface area contributed by atoms with Crippen molar-refractivity contribution >= 4 is 33.7 Å². The molecule has 1 fully saturated rings. The summed E-state index contributed by atoms with van der Waals surface area (Å²) in [7, 11) is 2.96. The summed E-state index contributed by atoms with van der Waals surface area (Å²) in [4.78, 5) is 42.4. The van der Waals surface area contributed by atoms with Gasteiger partial charge in [0.15, 0.2) is 11.4 Å². The summed E-state index contributed by atoms with van der Waals surface area (Å²) in [5.41, 5.74) is -2.50. The van der Waals surface area contributed by atoms with Crippen LogP contribution in [0.1, 0.15) is 47.8 Å². The Bertz CT molecular complexity index is 1330. The number of thioether (sulfide) groups is 1. The molecule has 0 radical (unpaired) electrons. The highest BCUT2D eigenvalue weighted by molar-refractivity contribution is 8.26. The van der Waals surface area contributed by atoms with Gasteiger partial charge in [-0.25, -0.2) is 8.78 Å². The van der Waals surface area contributed by atoms with Crippen LogP contribution in [0.2, 0.25) is 0 Å². The van der Waals surface area contributed by atoms with Gasteiger partial charge in [-0.2, -0.15) is 0 Å². The first-order valence-corrected chi connectivity index (χ1v) is 12.6. The van der Waals surface area contributed by atoms with Crippen molar-refractivity contribution in [3.05, 3.63) is 63.1 Å². The molecule has 1 aromatic heterocycles. The maximum absolute atomic E-state index is 13.9. The van der Waals surface area contributed by atoms with E-state index in [1.165, 1.54) is 18.1 Å². The van der Waals surface area contributed by atoms with Gasteiger partial charge in [0.25, 0.3) is 5.91 Å². The number of nitrogens with one attached hydrogen (secondary N) is 4. The predicted octanol–water partition coefficient (Wildman–Crippen LogP) is 2.99. The quantitative estimate of drug-likeness (QED) is 0.146. The monoisotopic (exact) mass is 549 g/mol. The first kappa shape index (κ1) is 29.0. The van der Waals surface area contributed by atoms with Gasteiger partial charge in [0.05, 0.1) is 29.3 Å². The number of methoxy groups -OCH3 is 1. The minimum absolute atomic E-state index is 0.0499. The standard InChI is InChI=1S/C25H29F2N5O5S/c1-4-32(25(30-2)8-7-14(11-25)24(36)37-3)23(35)19-21(34)20(33)16(12-31-19)22(29)38-18(28)9-13-5-6-15(26)10-17(13)27/h5-6,10,12,14,28-30,34H,4,7-9,11H2,1-3H3,(H,31,33). The third-order valence-electron chi connectivity index (χ3n) is 6.68. The number of esters is 1. The number of pyridine rings is 1. The highest BCUT2D eigenvalue weighted by Gasteiger charge is 2.47. The lowest BCUT2D eigenvalue weighted by atomic mass is 10.0. The van der Waals surface area contributed by atoms with Crippen LogP contribution in [0.5, 0.6) is 5.75 Å². The highest BCUT2D eigenvalue weighted by atomic mass is 32.2. The molecule has 3 rings (SSSR count). The molecule has 2 atom stereocenters. The fourth-order valence-corrected chi connectivity index (χ4v) is 5.41. The largest absolute Gasteiger partial charge is 0.503 e. The van der Waals surface area contributed by atoms with Gasteiger partial charge in [-0.3, -0.25) is 30.5 Å². The molecule has 10 nitrogen and oxygen atoms in total. The van der Waals surface area contributed by atoms with Gasteiger partial charge in [0.1, 0.15) is 16.7 Å². The van der Waals surface area contributed by atoms with Crippen LogP contribution in [0, 0.1) is 28.4 Å². The molecule has 5 N–H and O–H groups in total. The Labute approximate surface area is 221 Å². The van der Waals surface area contributed by atoms with Crippen LogP contribution in [-0.2, 0) is 16.0 Å². The molecule has 1 aliphatic carbocycles. The third kappa shape index (κ3) is 5.78. The molecule has 0 aliphatic heterocycles. The van der Waals surface area contributed by atoms with Crippen LogP contribution in [0.25, 0.3) is 0 Å². The van der Waals surface area contributed by atoms with Crippen LogP contribution in [0.4, 0.5) is 8.78 Å². The van der Waals surface area contributed by atoms with Crippen molar-refractivity contribution in [1.82, 2.24) is 15.2 Å². The lowest BCUT2D eigenvalue weighted by Crippen LogP contribution is -2.58. The second-order valence-electron chi connectivity index (χ2n) is 8.82. The van der Waals surface area contributed by atoms with Crippen LogP contribution < -0.4 is 10.7 Å². The Morgan fingerprint density at radius 1 is 1.34 bits per heavy atom. The number of carbonyl (C=O) groups is 2. The van der Waals surface area contributed by atoms with Gasteiger partial charge in [0, 0.05) is 25.2 Å². The SMILES string of the molecule is CCN(C(=O)c1[nH]cc(C(=N)SC(=N)Cc2ccc(F)cc2F)c(=O)c1O)C1(NC)CCC(C(=O)OC)C1. The van der Waals surface area contributed by atoms with E-state index in [0.717, 1.165) is 12.3 Å². The number of halogens is 2. The van der Waals surface area contributed by atoms with Crippen molar-refractivity contribution in [1.29, 1.82) is 10.8 Å². The Balaban J connectivity index is 1.80. The zero-order valence-electron chi connectivity index (χ0n) is 21.1. The number of aromatic hydroxyl groups is 1. The summed E-state index contributed by atoms with van der Waals surface area (Å²) in [6.07, 6.45) is 2.09. The lowest BCUT2D eigenvalue weighted by Gasteiger charge is -2.41. The zero-order chi connectivity index (χ0) is 28.2. The molecule has 1 saturated carbocycles. The molecule has 0 saturated heterocycles. The number of benzene rings is 1. The third-order valence-corrected chi connectivity index (χ3v) is 7.49. The van der Waals surface area contributed by atoms with E-state index in [9.17, 15) is 28.3 Å². The van der Waals surface area contributed by atoms with Crippen molar-refractivity contribution < 1.29 is 28.2 Å². The molecule has 1 aromatic carbocycles. The second-order valence-corrected chi connectivity index (χ2v) is 9.92. The van der Waals surface area contributed by atoms with Crippen LogP contribution in [0.3, 0.4) is 0 Å². The molecular formula is C25H29F2N5O5S. The summed E-state index contributed by atoms with van der Waals surface area (Å²) >= 11 is 0.563. The van der Waals surface area contributed by atoms with E-state index in [1.807, 2.05) is 0 Å². The van der Waals surface area contributed by atoms with E-state index in [-0.39, 0.29) is 47.2 Å². The van der Waals surface area contributed by atoms with E-state index < -0.39 is 45.3 Å². The smallest absolute Gasteiger partial charge is 0.308 e. The minimum atomic E-state index is -0.987. The summed E-state index contributed by atoms with van der Waals surface area (Å²) in [6, 6.07) is 2.94. The average molecular weight is 550 g/mol. The van der Waals surface area contributed by atoms with E-state index in [1.54, 1.807) is 14.0 Å². The summed E-state index contributed by atoms with van der Waals surface area (Å²) < 4.78 is 31.8. The molecule has 2 unspecified atom stereocenters. The number of H-pyrrole nitrogens is 1. The molecule has 38 heavy (non-hydrogen) atoms. The van der Waals surface area contributed by atoms with Gasteiger partial charge >= 0.3 is 5.97 Å². The van der Waals surface area contributed by atoms with Crippen molar-refractivity contribution in [2.45, 2.75) is 38.3 Å². The minimum Gasteiger partial charge on any atom is -0.503 e. The van der Waals surface area contributed by atoms with Crippen molar-refractivity contribution in [3.63, 3.8) is 0 Å². The van der Waals surface area contributed by atoms with E-state index >= 15 is 0 Å². The molecular weight excluding hydrogens is 520 g/mol. The van der Waals surface area contributed by atoms with Crippen molar-refractivity contribution in [2.75, 3.05) is 20.7 Å². The Morgan fingerprint density at radius 3 is 2.66 bits per heavy atom. The summed E-state index contributed by atoms with van der Waals surface area (Å²) in [6.45, 7) is 1.94. The molecule has 1 amide bonds. The number of ether oxygens (including phenoxy) is 1. The number of nitrogens with zero attached hydrogens (tertiary/aromatic N) is 1. The Kier molecular flexibility index (Phi) is 9.05. The number of aromatic nitrogens is 1. The lowest BCUT2D eigenvalue weighted by molar-refractivity contribution is -0.145. The van der Waals surface area contributed by atoms with Gasteiger partial charge < -0.3 is 19.7 Å². The average Bonchev–Trinajstić information content (AvgIpc) is 3.32. The van der Waals surface area contributed by atoms with E-state index in [2.05, 4.69) is 10.3 Å². The number of hydrogen-bond acceptors (Lipinski definition) is 9. The number of rotatable bonds is 8. The number of amides is 1. The molecule has 204 valence electrons. The van der Waals surface area contributed by atoms with Gasteiger partial charge in [-0.1, -0.05) is 17.8 Å². The fourth-order valence-electron chi connectivity index (χ4n) is 4.68. The normalized spacial score (nSPS) is 18.7. The van der Waals surface area contributed by atoms with Crippen LogP contribution >= 0.6 is 11.8 Å². The Hall–Kier alpha value is -3.58. The molecule has 0 bridgehead atoms. The van der Waals surface area contributed by atoms with E-state index in [0.29, 0.717) is 30.7 Å². The number of hydrogen-bond donors (Lipinski definition) is 5. The topological polar surface area (TPSA) is 159 Å². The van der Waals surface area contributed by atoms with E-state index in [4.69, 9.17) is 15.6 Å². The molecule has 13 heteroatoms. The van der Waals surface area contributed by atoms with Crippen LogP contribution in [0.15, 0.2) is 29.2 Å². The number of aromatic amines is 1. The van der Waals surface area contributed by atoms with Crippen molar-refractivity contribution in [3.8, 4) is 5.75 Å². The first-order chi connectivity index (χ1) is 18.0. The Morgan fingerprint density at radius 2 is 2.05 bits per heavy atom. The summed E-state index contributed by atoms with van der Waals surface area (Å²) in [5, 5.41) is 29.4. The number of carbonyl (C=O) groups excluding carboxylic acids is 2.